The maximum Gasteiger partial charge on any atom is 0.335 e. The topological polar surface area (TPSA) is 57.7 Å². The summed E-state index contributed by atoms with van der Waals surface area (Å²) in [5.74, 6) is -0.189. The number of aromatic nitrogens is 1. The normalized spacial score (nSPS) is 12.1. The van der Waals surface area contributed by atoms with E-state index < -0.39 is 17.9 Å². The van der Waals surface area contributed by atoms with E-state index in [0.717, 1.165) is 29.1 Å². The number of hydrogen-bond acceptors (Lipinski definition) is 6. The number of benzene rings is 2. The maximum absolute atomic E-state index is 14.6. The van der Waals surface area contributed by atoms with E-state index in [1.54, 1.807) is 37.3 Å². The van der Waals surface area contributed by atoms with Gasteiger partial charge in [0.25, 0.3) is 0 Å². The van der Waals surface area contributed by atoms with Gasteiger partial charge >= 0.3 is 5.97 Å². The zero-order valence-corrected chi connectivity index (χ0v) is 21.7. The molecule has 0 N–H and O–H groups in total. The lowest BCUT2D eigenvalue weighted by Crippen LogP contribution is -2.29. The van der Waals surface area contributed by atoms with Crippen LogP contribution in [0.25, 0.3) is 10.6 Å². The van der Waals surface area contributed by atoms with Crippen molar-refractivity contribution >= 4 is 17.3 Å². The van der Waals surface area contributed by atoms with E-state index in [1.807, 2.05) is 0 Å². The summed E-state index contributed by atoms with van der Waals surface area (Å²) in [4.78, 5) is 16.8. The van der Waals surface area contributed by atoms with Crippen LogP contribution < -0.4 is 4.74 Å². The van der Waals surface area contributed by atoms with Crippen LogP contribution in [0.1, 0.15) is 56.9 Å². The molecule has 0 bridgehead atoms. The van der Waals surface area contributed by atoms with Crippen molar-refractivity contribution in [3.63, 3.8) is 0 Å². The van der Waals surface area contributed by atoms with Gasteiger partial charge in [-0.1, -0.05) is 44.2 Å². The van der Waals surface area contributed by atoms with Crippen LogP contribution in [0.5, 0.6) is 5.75 Å². The Morgan fingerprint density at radius 1 is 1.09 bits per heavy atom. The third kappa shape index (κ3) is 7.87. The van der Waals surface area contributed by atoms with Gasteiger partial charge in [-0.3, -0.25) is 0 Å². The monoisotopic (exact) mass is 499 g/mol. The molecule has 5 nitrogen and oxygen atoms in total. The molecule has 2 aromatic carbocycles. The van der Waals surface area contributed by atoms with Crippen LogP contribution in [0.3, 0.4) is 0 Å². The molecule has 1 atom stereocenters. The van der Waals surface area contributed by atoms with E-state index in [9.17, 15) is 9.18 Å². The van der Waals surface area contributed by atoms with Crippen molar-refractivity contribution in [2.75, 3.05) is 19.8 Å². The van der Waals surface area contributed by atoms with Crippen LogP contribution in [0.2, 0.25) is 0 Å². The molecule has 3 aromatic rings. The Morgan fingerprint density at radius 2 is 1.86 bits per heavy atom. The second kappa shape index (κ2) is 13.4. The molecule has 0 saturated carbocycles. The smallest absolute Gasteiger partial charge is 0.335 e. The first-order valence-electron chi connectivity index (χ1n) is 12.1. The molecule has 0 spiro atoms. The van der Waals surface area contributed by atoms with Gasteiger partial charge in [0.15, 0.2) is 17.7 Å². The minimum absolute atomic E-state index is 0.196. The summed E-state index contributed by atoms with van der Waals surface area (Å²) in [5.41, 5.74) is 4.10. The lowest BCUT2D eigenvalue weighted by molar-refractivity contribution is -0.156. The highest BCUT2D eigenvalue weighted by Gasteiger charge is 2.21. The Kier molecular flexibility index (Phi) is 10.2. The molecule has 0 amide bonds. The van der Waals surface area contributed by atoms with E-state index in [-0.39, 0.29) is 18.8 Å². The van der Waals surface area contributed by atoms with Gasteiger partial charge in [0.05, 0.1) is 18.9 Å². The number of halogens is 1. The zero-order chi connectivity index (χ0) is 25.2. The first-order chi connectivity index (χ1) is 16.9. The predicted octanol–water partition coefficient (Wildman–Crippen LogP) is 6.59. The van der Waals surface area contributed by atoms with Crippen LogP contribution >= 0.6 is 11.3 Å². The van der Waals surface area contributed by atoms with Crippen molar-refractivity contribution in [1.82, 2.24) is 4.98 Å². The highest BCUT2D eigenvalue weighted by Crippen LogP contribution is 2.26. The van der Waals surface area contributed by atoms with Gasteiger partial charge < -0.3 is 14.2 Å². The van der Waals surface area contributed by atoms with E-state index in [4.69, 9.17) is 19.2 Å². The third-order valence-electron chi connectivity index (χ3n) is 5.55. The molecular weight excluding hydrogens is 465 g/mol. The third-order valence-corrected chi connectivity index (χ3v) is 6.49. The fourth-order valence-corrected chi connectivity index (χ4v) is 4.51. The van der Waals surface area contributed by atoms with Crippen LogP contribution in [0.15, 0.2) is 47.8 Å². The highest BCUT2D eigenvalue weighted by atomic mass is 32.1. The second-order valence-corrected chi connectivity index (χ2v) is 9.40. The minimum atomic E-state index is -0.748. The number of hydrogen-bond donors (Lipinski definition) is 0. The van der Waals surface area contributed by atoms with E-state index in [2.05, 4.69) is 43.5 Å². The largest absolute Gasteiger partial charge is 0.491 e. The molecule has 35 heavy (non-hydrogen) atoms. The Morgan fingerprint density at radius 3 is 2.51 bits per heavy atom. The summed E-state index contributed by atoms with van der Waals surface area (Å²) in [6.45, 7) is 8.95. The van der Waals surface area contributed by atoms with Gasteiger partial charge in [-0.05, 0) is 55.9 Å². The molecule has 1 aromatic heterocycles. The average Bonchev–Trinajstić information content (AvgIpc) is 3.32. The van der Waals surface area contributed by atoms with Crippen LogP contribution in [-0.4, -0.2) is 36.9 Å². The molecule has 7 heteroatoms. The quantitative estimate of drug-likeness (QED) is 0.196. The lowest BCUT2D eigenvalue weighted by atomic mass is 10.0. The summed E-state index contributed by atoms with van der Waals surface area (Å²) >= 11 is 1.63. The van der Waals surface area contributed by atoms with Crippen molar-refractivity contribution in [3.8, 4) is 16.3 Å². The van der Waals surface area contributed by atoms with Gasteiger partial charge in [-0.25, -0.2) is 14.2 Å². The van der Waals surface area contributed by atoms with Gasteiger partial charge in [0, 0.05) is 24.0 Å². The second-order valence-electron chi connectivity index (χ2n) is 8.54. The Labute approximate surface area is 211 Å². The Balaban J connectivity index is 1.49. The summed E-state index contributed by atoms with van der Waals surface area (Å²) in [6.07, 6.45) is 0.986. The fraction of sp³-hybridized carbons (Fsp3) is 0.429. The summed E-state index contributed by atoms with van der Waals surface area (Å²) < 4.78 is 30.7. The summed E-state index contributed by atoms with van der Waals surface area (Å²) in [6, 6.07) is 13.3. The lowest BCUT2D eigenvalue weighted by Gasteiger charge is -2.16. The molecular formula is C28H34FNO4S. The number of nitrogens with zero attached hydrogens (tertiary/aromatic N) is 1. The Bertz CT molecular complexity index is 1080. The Hall–Kier alpha value is -2.77. The van der Waals surface area contributed by atoms with Crippen molar-refractivity contribution in [1.29, 1.82) is 0 Å². The first-order valence-corrected chi connectivity index (χ1v) is 13.0. The standard InChI is InChI=1S/C28H34FNO4S/c1-5-32-26(28(31)33-6-2)17-20-9-14-25(24(29)16-20)34-15-7-8-23-18-35-27(30-23)22-12-10-21(11-13-22)19(3)4/h9-14,16,18-19,26H,5-8,15,17H2,1-4H3. The molecule has 1 unspecified atom stereocenters. The number of carbonyl (C=O) groups excluding carboxylic acids is 1. The van der Waals surface area contributed by atoms with E-state index >= 15 is 0 Å². The molecule has 0 fully saturated rings. The predicted molar refractivity (Wildman–Crippen MR) is 138 cm³/mol. The van der Waals surface area contributed by atoms with Crippen LogP contribution in [0, 0.1) is 5.82 Å². The zero-order valence-electron chi connectivity index (χ0n) is 20.9. The summed E-state index contributed by atoms with van der Waals surface area (Å²) in [7, 11) is 0. The SMILES string of the molecule is CCOC(=O)C(Cc1ccc(OCCCc2csc(-c3ccc(C(C)C)cc3)n2)c(F)c1)OCC. The molecule has 0 aliphatic heterocycles. The van der Waals surface area contributed by atoms with Gasteiger partial charge in [-0.2, -0.15) is 0 Å². The van der Waals surface area contributed by atoms with E-state index in [0.29, 0.717) is 24.7 Å². The van der Waals surface area contributed by atoms with Crippen LogP contribution in [-0.2, 0) is 27.1 Å². The van der Waals surface area contributed by atoms with Gasteiger partial charge in [0.1, 0.15) is 5.01 Å². The molecule has 3 rings (SSSR count). The number of carbonyl (C=O) groups is 1. The number of rotatable bonds is 13. The number of aryl methyl sites for hydroxylation is 1. The molecule has 0 aliphatic carbocycles. The van der Waals surface area contributed by atoms with Crippen molar-refractivity contribution in [3.05, 3.63) is 70.5 Å². The first kappa shape index (κ1) is 26.8. The number of esters is 1. The maximum atomic E-state index is 14.6. The van der Waals surface area contributed by atoms with Crippen molar-refractivity contribution in [2.45, 2.75) is 59.0 Å². The molecule has 0 radical (unpaired) electrons. The molecule has 1 heterocycles. The molecule has 188 valence electrons. The molecule has 0 aliphatic rings. The van der Waals surface area contributed by atoms with Crippen molar-refractivity contribution in [2.24, 2.45) is 0 Å². The fourth-order valence-electron chi connectivity index (χ4n) is 3.65. The van der Waals surface area contributed by atoms with E-state index in [1.165, 1.54) is 11.6 Å². The van der Waals surface area contributed by atoms with Gasteiger partial charge in [-0.15, -0.1) is 11.3 Å². The summed E-state index contributed by atoms with van der Waals surface area (Å²) in [5, 5.41) is 3.07. The average molecular weight is 500 g/mol. The van der Waals surface area contributed by atoms with Crippen molar-refractivity contribution < 1.29 is 23.4 Å². The highest BCUT2D eigenvalue weighted by molar-refractivity contribution is 7.13. The number of ether oxygens (including phenoxy) is 3. The number of thiazole rings is 1. The van der Waals surface area contributed by atoms with Crippen LogP contribution in [0.4, 0.5) is 4.39 Å². The minimum Gasteiger partial charge on any atom is -0.491 e. The van der Waals surface area contributed by atoms with Gasteiger partial charge in [0.2, 0.25) is 0 Å². The molecule has 0 saturated heterocycles.